The van der Waals surface area contributed by atoms with Crippen LogP contribution in [-0.2, 0) is 13.1 Å². The van der Waals surface area contributed by atoms with E-state index in [1.54, 1.807) is 12.3 Å². The Balaban J connectivity index is 1.21. The van der Waals surface area contributed by atoms with E-state index in [2.05, 4.69) is 59.7 Å². The summed E-state index contributed by atoms with van der Waals surface area (Å²) in [7, 11) is 0. The molecule has 0 unspecified atom stereocenters. The van der Waals surface area contributed by atoms with Gasteiger partial charge in [-0.1, -0.05) is 36.4 Å². The summed E-state index contributed by atoms with van der Waals surface area (Å²) in [6.07, 6.45) is 5.34. The van der Waals surface area contributed by atoms with E-state index in [1.165, 1.54) is 17.7 Å². The highest BCUT2D eigenvalue weighted by Gasteiger charge is 2.17. The Morgan fingerprint density at radius 2 is 1.71 bits per heavy atom. The Hall–Kier alpha value is -5.41. The second-order valence-electron chi connectivity index (χ2n) is 9.84. The third kappa shape index (κ3) is 4.90. The van der Waals surface area contributed by atoms with E-state index >= 15 is 0 Å². The van der Waals surface area contributed by atoms with Gasteiger partial charge in [-0.05, 0) is 58.7 Å². The Labute approximate surface area is 234 Å². The van der Waals surface area contributed by atoms with Crippen LogP contribution >= 0.6 is 0 Å². The van der Waals surface area contributed by atoms with E-state index in [0.717, 1.165) is 40.2 Å². The molecular formula is C32H24FN7O. The van der Waals surface area contributed by atoms with Gasteiger partial charge in [-0.25, -0.2) is 14.4 Å². The van der Waals surface area contributed by atoms with Crippen molar-refractivity contribution in [3.05, 3.63) is 114 Å². The van der Waals surface area contributed by atoms with Crippen molar-refractivity contribution in [1.82, 2.24) is 35.5 Å². The van der Waals surface area contributed by atoms with Crippen molar-refractivity contribution >= 4 is 22.1 Å². The molecule has 9 heteroatoms. The maximum Gasteiger partial charge on any atom is 0.178 e. The second-order valence-corrected chi connectivity index (χ2v) is 9.84. The van der Waals surface area contributed by atoms with E-state index in [1.807, 2.05) is 42.7 Å². The summed E-state index contributed by atoms with van der Waals surface area (Å²) in [6, 6.07) is 24.2. The molecule has 0 atom stereocenters. The number of nitrogens with zero attached hydrogens (tertiary/aromatic N) is 4. The molecule has 4 heterocycles. The van der Waals surface area contributed by atoms with Gasteiger partial charge in [0.25, 0.3) is 0 Å². The number of imidazole rings is 1. The maximum atomic E-state index is 14.0. The summed E-state index contributed by atoms with van der Waals surface area (Å²) in [4.78, 5) is 16.9. The molecule has 7 rings (SSSR count). The zero-order valence-corrected chi connectivity index (χ0v) is 21.8. The first kappa shape index (κ1) is 24.6. The van der Waals surface area contributed by atoms with Gasteiger partial charge in [0.15, 0.2) is 11.5 Å². The number of pyridine rings is 2. The minimum absolute atomic E-state index is 0.152. The van der Waals surface area contributed by atoms with Gasteiger partial charge in [0.2, 0.25) is 0 Å². The number of fused-ring (bicyclic) bond motifs is 2. The highest BCUT2D eigenvalue weighted by Crippen LogP contribution is 2.33. The number of benzene rings is 3. The fourth-order valence-electron chi connectivity index (χ4n) is 5.06. The number of aromatic hydroxyl groups is 1. The maximum absolute atomic E-state index is 14.0. The number of nitrogens with one attached hydrogen (secondary N) is 3. The molecule has 0 radical (unpaired) electrons. The minimum Gasteiger partial charge on any atom is -0.508 e. The molecule has 3 aromatic carbocycles. The number of aromatic amines is 2. The Bertz CT molecular complexity index is 2000. The summed E-state index contributed by atoms with van der Waals surface area (Å²) in [5, 5.41) is 21.9. The van der Waals surface area contributed by atoms with Gasteiger partial charge >= 0.3 is 0 Å². The molecule has 200 valence electrons. The smallest absolute Gasteiger partial charge is 0.178 e. The van der Waals surface area contributed by atoms with Gasteiger partial charge in [-0.2, -0.15) is 5.10 Å². The highest BCUT2D eigenvalue weighted by molar-refractivity contribution is 5.97. The molecule has 0 spiro atoms. The summed E-state index contributed by atoms with van der Waals surface area (Å²) in [6.45, 7) is 1.48. The zero-order valence-electron chi connectivity index (χ0n) is 21.8. The van der Waals surface area contributed by atoms with E-state index in [4.69, 9.17) is 0 Å². The largest absolute Gasteiger partial charge is 0.508 e. The summed E-state index contributed by atoms with van der Waals surface area (Å²) in [5.41, 5.74) is 8.11. The number of phenolic OH excluding ortho intramolecular Hbond substituents is 1. The summed E-state index contributed by atoms with van der Waals surface area (Å²) >= 11 is 0. The number of phenols is 1. The molecule has 0 aliphatic heterocycles. The van der Waals surface area contributed by atoms with Gasteiger partial charge in [-0.15, -0.1) is 0 Å². The summed E-state index contributed by atoms with van der Waals surface area (Å²) in [5.74, 6) is -0.150. The number of H-pyrrole nitrogens is 2. The van der Waals surface area contributed by atoms with Gasteiger partial charge < -0.3 is 15.4 Å². The zero-order chi connectivity index (χ0) is 27.8. The Morgan fingerprint density at radius 3 is 2.59 bits per heavy atom. The standard InChI is InChI=1S/C32H24FN7O/c33-24-11-22(12-25(41)14-24)26-8-9-36-31-29(26)37-32(38-31)30-27-13-21(6-7-28(27)39-40-30)23-10-20(17-35-18-23)16-34-15-19-4-2-1-3-5-19/h1-14,17-18,34,41H,15-16H2,(H,39,40)(H,36,37,38). The molecule has 8 nitrogen and oxygen atoms in total. The number of hydrogen-bond donors (Lipinski definition) is 4. The van der Waals surface area contributed by atoms with Gasteiger partial charge in [0, 0.05) is 54.3 Å². The van der Waals surface area contributed by atoms with Gasteiger partial charge in [0.1, 0.15) is 17.3 Å². The predicted octanol–water partition coefficient (Wildman–Crippen LogP) is 6.36. The first-order chi connectivity index (χ1) is 20.1. The lowest BCUT2D eigenvalue weighted by molar-refractivity contribution is 0.469. The van der Waals surface area contributed by atoms with Crippen LogP contribution in [0.15, 0.2) is 97.5 Å². The molecule has 0 fully saturated rings. The molecule has 4 N–H and O–H groups in total. The summed E-state index contributed by atoms with van der Waals surface area (Å²) < 4.78 is 14.0. The lowest BCUT2D eigenvalue weighted by atomic mass is 10.0. The molecule has 0 aliphatic rings. The average molecular weight is 542 g/mol. The van der Waals surface area contributed by atoms with Crippen LogP contribution in [-0.4, -0.2) is 35.2 Å². The van der Waals surface area contributed by atoms with Crippen LogP contribution in [0.3, 0.4) is 0 Å². The SMILES string of the molecule is Oc1cc(F)cc(-c2ccnc3nc(-c4n[nH]c5ccc(-c6cncc(CNCc7ccccc7)c6)cc45)[nH]c23)c1. The van der Waals surface area contributed by atoms with Crippen molar-refractivity contribution in [2.45, 2.75) is 13.1 Å². The normalized spacial score (nSPS) is 11.4. The number of hydrogen-bond acceptors (Lipinski definition) is 6. The number of halogens is 1. The van der Waals surface area contributed by atoms with Crippen LogP contribution in [0.1, 0.15) is 11.1 Å². The average Bonchev–Trinajstić information content (AvgIpc) is 3.61. The fraction of sp³-hybridized carbons (Fsp3) is 0.0625. The van der Waals surface area contributed by atoms with E-state index in [0.29, 0.717) is 40.4 Å². The van der Waals surface area contributed by atoms with Crippen LogP contribution in [0, 0.1) is 5.82 Å². The van der Waals surface area contributed by atoms with Gasteiger partial charge in [0.05, 0.1) is 11.0 Å². The molecule has 4 aromatic heterocycles. The molecule has 7 aromatic rings. The van der Waals surface area contributed by atoms with Crippen molar-refractivity contribution in [1.29, 1.82) is 0 Å². The molecular weight excluding hydrogens is 517 g/mol. The van der Waals surface area contributed by atoms with Crippen molar-refractivity contribution in [2.75, 3.05) is 0 Å². The molecule has 0 saturated heterocycles. The van der Waals surface area contributed by atoms with Crippen molar-refractivity contribution in [2.24, 2.45) is 0 Å². The van der Waals surface area contributed by atoms with Crippen LogP contribution in [0.4, 0.5) is 4.39 Å². The molecule has 41 heavy (non-hydrogen) atoms. The van der Waals surface area contributed by atoms with Crippen LogP contribution in [0.5, 0.6) is 5.75 Å². The lowest BCUT2D eigenvalue weighted by Crippen LogP contribution is -2.12. The Morgan fingerprint density at radius 1 is 0.829 bits per heavy atom. The molecule has 0 aliphatic carbocycles. The molecule has 0 amide bonds. The highest BCUT2D eigenvalue weighted by atomic mass is 19.1. The van der Waals surface area contributed by atoms with Crippen molar-refractivity contribution < 1.29 is 9.50 Å². The van der Waals surface area contributed by atoms with Crippen LogP contribution < -0.4 is 5.32 Å². The quantitative estimate of drug-likeness (QED) is 0.187. The third-order valence-corrected chi connectivity index (χ3v) is 7.00. The first-order valence-electron chi connectivity index (χ1n) is 13.1. The predicted molar refractivity (Wildman–Crippen MR) is 156 cm³/mol. The second kappa shape index (κ2) is 10.3. The van der Waals surface area contributed by atoms with Crippen molar-refractivity contribution in [3.63, 3.8) is 0 Å². The lowest BCUT2D eigenvalue weighted by Gasteiger charge is -2.07. The Kier molecular flexibility index (Phi) is 6.18. The van der Waals surface area contributed by atoms with E-state index < -0.39 is 5.82 Å². The van der Waals surface area contributed by atoms with Crippen molar-refractivity contribution in [3.8, 4) is 39.5 Å². The van der Waals surface area contributed by atoms with E-state index in [-0.39, 0.29) is 5.75 Å². The fourth-order valence-corrected chi connectivity index (χ4v) is 5.06. The van der Waals surface area contributed by atoms with Crippen LogP contribution in [0.25, 0.3) is 55.8 Å². The third-order valence-electron chi connectivity index (χ3n) is 7.00. The number of rotatable bonds is 7. The van der Waals surface area contributed by atoms with Gasteiger partial charge in [-0.3, -0.25) is 10.1 Å². The first-order valence-corrected chi connectivity index (χ1v) is 13.1. The topological polar surface area (TPSA) is 115 Å². The van der Waals surface area contributed by atoms with E-state index in [9.17, 15) is 9.50 Å². The monoisotopic (exact) mass is 541 g/mol. The molecule has 0 bridgehead atoms. The molecule has 0 saturated carbocycles. The van der Waals surface area contributed by atoms with Crippen LogP contribution in [0.2, 0.25) is 0 Å². The minimum atomic E-state index is -0.527. The number of aromatic nitrogens is 6.